The largest absolute Gasteiger partial charge is 0.281 e. The van der Waals surface area contributed by atoms with Gasteiger partial charge in [-0.05, 0) is 18.2 Å². The number of rotatable bonds is 3. The molecule has 7 heterocycles. The van der Waals surface area contributed by atoms with Crippen LogP contribution in [0.25, 0.3) is 0 Å². The first kappa shape index (κ1) is 14.7. The molecule has 0 spiro atoms. The first-order valence-electron chi connectivity index (χ1n) is 8.98. The summed E-state index contributed by atoms with van der Waals surface area (Å²) in [4.78, 5) is 7.65. The van der Waals surface area contributed by atoms with Crippen LogP contribution in [0.5, 0.6) is 0 Å². The molecular weight excluding hydrogens is 330 g/mol. The lowest BCUT2D eigenvalue weighted by atomic mass is 9.72. The number of H-pyrrole nitrogens is 3. The highest BCUT2D eigenvalue weighted by Gasteiger charge is 2.61. The zero-order chi connectivity index (χ0) is 17.3. The van der Waals surface area contributed by atoms with Gasteiger partial charge in [0.15, 0.2) is 0 Å². The van der Waals surface area contributed by atoms with E-state index < -0.39 is 0 Å². The Hall–Kier alpha value is -2.49. The summed E-state index contributed by atoms with van der Waals surface area (Å²) in [5.74, 6) is 0. The summed E-state index contributed by atoms with van der Waals surface area (Å²) in [7, 11) is 0. The number of aromatic amines is 3. The van der Waals surface area contributed by atoms with Crippen molar-refractivity contribution in [2.75, 3.05) is 19.8 Å². The molecule has 3 aromatic rings. The number of hydrogen-bond donors (Lipinski definition) is 3. The molecule has 3 aromatic heterocycles. The molecule has 0 aromatic carbocycles. The van der Waals surface area contributed by atoms with Gasteiger partial charge in [0.25, 0.3) is 0 Å². The van der Waals surface area contributed by atoms with E-state index in [1.54, 1.807) is 0 Å². The van der Waals surface area contributed by atoms with E-state index in [1.165, 1.54) is 5.69 Å². The Morgan fingerprint density at radius 1 is 0.846 bits per heavy atom. The second kappa shape index (κ2) is 5.03. The van der Waals surface area contributed by atoms with Crippen LogP contribution in [0.15, 0.2) is 36.8 Å². The Balaban J connectivity index is 1.49. The Kier molecular flexibility index (Phi) is 2.83. The molecule has 3 N–H and O–H groups in total. The van der Waals surface area contributed by atoms with Gasteiger partial charge in [0, 0.05) is 37.1 Å². The standard InChI is InChI=1S/C17H21N9/c1-17-8-24-10-26(14(17)11-2-5-18-21-11)16(13-4-7-20-23-13)25(9-17)15(24)12-3-6-19-22-12/h2-7,14-16H,8-10H2,1H3,(H,18,21)(H,19,22)(H,20,23)/t14?,15?,16?,17-/m1/s1. The molecule has 4 bridgehead atoms. The minimum absolute atomic E-state index is 0.123. The molecule has 9 heteroatoms. The molecule has 7 rings (SSSR count). The molecular formula is C17H21N9. The van der Waals surface area contributed by atoms with E-state index in [0.29, 0.717) is 6.04 Å². The van der Waals surface area contributed by atoms with E-state index in [4.69, 9.17) is 0 Å². The van der Waals surface area contributed by atoms with Crippen molar-refractivity contribution < 1.29 is 0 Å². The van der Waals surface area contributed by atoms with Crippen molar-refractivity contribution in [2.45, 2.75) is 25.3 Å². The van der Waals surface area contributed by atoms with Crippen molar-refractivity contribution in [2.24, 2.45) is 5.41 Å². The lowest BCUT2D eigenvalue weighted by Crippen LogP contribution is -2.74. The van der Waals surface area contributed by atoms with Crippen LogP contribution < -0.4 is 0 Å². The Labute approximate surface area is 150 Å². The van der Waals surface area contributed by atoms with E-state index in [1.807, 2.05) is 18.6 Å². The molecule has 7 atom stereocenters. The molecule has 6 unspecified atom stereocenters. The molecule has 4 aliphatic rings. The van der Waals surface area contributed by atoms with Gasteiger partial charge in [-0.15, -0.1) is 0 Å². The summed E-state index contributed by atoms with van der Waals surface area (Å²) in [5, 5.41) is 22.2. The normalized spacial score (nSPS) is 41.0. The predicted octanol–water partition coefficient (Wildman–Crippen LogP) is 1.21. The average Bonchev–Trinajstić information content (AvgIpc) is 3.38. The predicted molar refractivity (Wildman–Crippen MR) is 92.2 cm³/mol. The fourth-order valence-corrected chi connectivity index (χ4v) is 5.46. The SMILES string of the molecule is C[C@@]12CN3CN(C(c4ccn[nH]4)N(C1)C3c1ccn[nH]1)C2c1ccn[nH]1. The number of aromatic nitrogens is 6. The van der Waals surface area contributed by atoms with Crippen molar-refractivity contribution in [3.8, 4) is 0 Å². The van der Waals surface area contributed by atoms with E-state index in [9.17, 15) is 0 Å². The average molecular weight is 351 g/mol. The third kappa shape index (κ3) is 1.82. The first-order chi connectivity index (χ1) is 12.7. The Morgan fingerprint density at radius 3 is 2.08 bits per heavy atom. The molecule has 134 valence electrons. The lowest BCUT2D eigenvalue weighted by Gasteiger charge is -2.69. The van der Waals surface area contributed by atoms with Gasteiger partial charge in [0.05, 0.1) is 29.8 Å². The van der Waals surface area contributed by atoms with Crippen LogP contribution in [0.1, 0.15) is 42.4 Å². The second-order valence-electron chi connectivity index (χ2n) is 7.91. The molecule has 4 saturated heterocycles. The van der Waals surface area contributed by atoms with E-state index in [0.717, 1.165) is 31.1 Å². The van der Waals surface area contributed by atoms with Crippen LogP contribution in [-0.2, 0) is 0 Å². The van der Waals surface area contributed by atoms with Crippen molar-refractivity contribution in [3.63, 3.8) is 0 Å². The monoisotopic (exact) mass is 351 g/mol. The van der Waals surface area contributed by atoms with Gasteiger partial charge in [-0.25, -0.2) is 0 Å². The van der Waals surface area contributed by atoms with Gasteiger partial charge in [0.2, 0.25) is 0 Å². The Bertz CT molecular complexity index is 885. The number of nitrogens with one attached hydrogen (secondary N) is 3. The smallest absolute Gasteiger partial charge is 0.109 e. The Morgan fingerprint density at radius 2 is 1.46 bits per heavy atom. The topological polar surface area (TPSA) is 95.8 Å². The van der Waals surface area contributed by atoms with Crippen LogP contribution in [0, 0.1) is 5.41 Å². The van der Waals surface area contributed by atoms with Crippen LogP contribution in [0.2, 0.25) is 0 Å². The molecule has 0 amide bonds. The maximum Gasteiger partial charge on any atom is 0.109 e. The molecule has 4 aliphatic heterocycles. The van der Waals surface area contributed by atoms with Crippen LogP contribution in [-0.4, -0.2) is 65.1 Å². The zero-order valence-corrected chi connectivity index (χ0v) is 14.5. The summed E-state index contributed by atoms with van der Waals surface area (Å²) < 4.78 is 0. The number of nitrogens with zero attached hydrogens (tertiary/aromatic N) is 6. The highest BCUT2D eigenvalue weighted by atomic mass is 15.6. The fraction of sp³-hybridized carbons (Fsp3) is 0.471. The molecule has 0 aliphatic carbocycles. The third-order valence-electron chi connectivity index (χ3n) is 6.15. The zero-order valence-electron chi connectivity index (χ0n) is 14.5. The molecule has 0 saturated carbocycles. The molecule has 0 radical (unpaired) electrons. The van der Waals surface area contributed by atoms with Crippen LogP contribution in [0.3, 0.4) is 0 Å². The summed E-state index contributed by atoms with van der Waals surface area (Å²) in [5.41, 5.74) is 3.59. The van der Waals surface area contributed by atoms with Crippen LogP contribution >= 0.6 is 0 Å². The van der Waals surface area contributed by atoms with Gasteiger partial charge in [-0.1, -0.05) is 6.92 Å². The third-order valence-corrected chi connectivity index (χ3v) is 6.15. The van der Waals surface area contributed by atoms with Crippen molar-refractivity contribution in [3.05, 3.63) is 53.9 Å². The van der Waals surface area contributed by atoms with E-state index >= 15 is 0 Å². The van der Waals surface area contributed by atoms with Crippen molar-refractivity contribution in [1.29, 1.82) is 0 Å². The van der Waals surface area contributed by atoms with Gasteiger partial charge in [-0.2, -0.15) is 15.3 Å². The molecule has 4 fully saturated rings. The fourth-order valence-electron chi connectivity index (χ4n) is 5.46. The van der Waals surface area contributed by atoms with Gasteiger partial charge in [-0.3, -0.25) is 30.0 Å². The first-order valence-corrected chi connectivity index (χ1v) is 8.98. The quantitative estimate of drug-likeness (QED) is 0.656. The van der Waals surface area contributed by atoms with E-state index in [2.05, 4.69) is 70.4 Å². The van der Waals surface area contributed by atoms with Crippen molar-refractivity contribution in [1.82, 2.24) is 45.3 Å². The highest BCUT2D eigenvalue weighted by molar-refractivity contribution is 5.24. The van der Waals surface area contributed by atoms with Crippen LogP contribution in [0.4, 0.5) is 0 Å². The summed E-state index contributed by atoms with van der Waals surface area (Å²) in [6.07, 6.45) is 5.87. The highest BCUT2D eigenvalue weighted by Crippen LogP contribution is 2.58. The second-order valence-corrected chi connectivity index (χ2v) is 7.91. The summed E-state index contributed by atoms with van der Waals surface area (Å²) in [6, 6.07) is 6.58. The maximum atomic E-state index is 4.22. The van der Waals surface area contributed by atoms with Crippen molar-refractivity contribution >= 4 is 0 Å². The maximum absolute atomic E-state index is 4.22. The summed E-state index contributed by atoms with van der Waals surface area (Å²) in [6.45, 7) is 5.32. The number of hydrogen-bond acceptors (Lipinski definition) is 6. The van der Waals surface area contributed by atoms with Gasteiger partial charge >= 0.3 is 0 Å². The van der Waals surface area contributed by atoms with E-state index in [-0.39, 0.29) is 17.7 Å². The lowest BCUT2D eigenvalue weighted by molar-refractivity contribution is -0.277. The molecule has 9 nitrogen and oxygen atoms in total. The van der Waals surface area contributed by atoms with Gasteiger partial charge in [0.1, 0.15) is 12.3 Å². The minimum Gasteiger partial charge on any atom is -0.281 e. The minimum atomic E-state index is 0.123. The molecule has 26 heavy (non-hydrogen) atoms. The van der Waals surface area contributed by atoms with Gasteiger partial charge < -0.3 is 0 Å². The summed E-state index contributed by atoms with van der Waals surface area (Å²) >= 11 is 0.